The number of hydrogen-bond donors (Lipinski definition) is 2. The summed E-state index contributed by atoms with van der Waals surface area (Å²) in [4.78, 5) is 0. The van der Waals surface area contributed by atoms with Crippen LogP contribution in [0.5, 0.6) is 0 Å². The Morgan fingerprint density at radius 1 is 1.56 bits per heavy atom. The zero-order chi connectivity index (χ0) is 11.6. The lowest BCUT2D eigenvalue weighted by atomic mass is 9.96. The van der Waals surface area contributed by atoms with Gasteiger partial charge < -0.3 is 10.4 Å². The average Bonchev–Trinajstić information content (AvgIpc) is 2.61. The van der Waals surface area contributed by atoms with Gasteiger partial charge in [-0.1, -0.05) is 19.1 Å². The molecule has 2 N–H and O–H groups in total. The molecule has 1 saturated heterocycles. The van der Waals surface area contributed by atoms with Crippen LogP contribution in [0.4, 0.5) is 5.69 Å². The summed E-state index contributed by atoms with van der Waals surface area (Å²) in [6, 6.07) is 8.33. The van der Waals surface area contributed by atoms with Gasteiger partial charge in [-0.2, -0.15) is 11.8 Å². The van der Waals surface area contributed by atoms with Crippen LogP contribution in [0.3, 0.4) is 0 Å². The molecule has 0 radical (unpaired) electrons. The number of aliphatic hydroxyl groups is 1. The molecule has 0 aromatic heterocycles. The minimum atomic E-state index is -0.127. The summed E-state index contributed by atoms with van der Waals surface area (Å²) in [6.45, 7) is 4.51. The minimum Gasteiger partial charge on any atom is -0.394 e. The first kappa shape index (κ1) is 11.8. The smallest absolute Gasteiger partial charge is 0.0704 e. The fraction of sp³-hybridized carbons (Fsp3) is 0.538. The molecule has 1 aliphatic heterocycles. The summed E-state index contributed by atoms with van der Waals surface area (Å²) in [5.41, 5.74) is 2.23. The van der Waals surface area contributed by atoms with Crippen LogP contribution in [0.1, 0.15) is 18.9 Å². The van der Waals surface area contributed by atoms with Crippen LogP contribution in [0.15, 0.2) is 24.3 Å². The molecule has 2 rings (SSSR count). The molecule has 0 amide bonds. The van der Waals surface area contributed by atoms with Crippen molar-refractivity contribution in [2.45, 2.75) is 31.1 Å². The third-order valence-electron chi connectivity index (χ3n) is 3.05. The van der Waals surface area contributed by atoms with E-state index in [0.29, 0.717) is 5.25 Å². The Hall–Kier alpha value is -0.670. The van der Waals surface area contributed by atoms with E-state index in [-0.39, 0.29) is 12.1 Å². The fourth-order valence-electron chi connectivity index (χ4n) is 2.24. The van der Waals surface area contributed by atoms with E-state index in [1.165, 1.54) is 5.56 Å². The molecule has 16 heavy (non-hydrogen) atoms. The van der Waals surface area contributed by atoms with E-state index >= 15 is 0 Å². The molecule has 0 spiro atoms. The lowest BCUT2D eigenvalue weighted by Crippen LogP contribution is -2.42. The molecule has 1 aromatic rings. The predicted molar refractivity (Wildman–Crippen MR) is 71.2 cm³/mol. The Bertz CT molecular complexity index is 369. The first-order valence-corrected chi connectivity index (χ1v) is 6.76. The molecular formula is C13H19NOS. The van der Waals surface area contributed by atoms with Crippen molar-refractivity contribution >= 4 is 17.4 Å². The van der Waals surface area contributed by atoms with Crippen LogP contribution in [0, 0.1) is 6.92 Å². The van der Waals surface area contributed by atoms with E-state index in [1.807, 2.05) is 17.8 Å². The van der Waals surface area contributed by atoms with Crippen LogP contribution >= 0.6 is 11.8 Å². The Balaban J connectivity index is 2.13. The SMILES string of the molecule is Cc1cccc(NC2(CO)CSC(C)C2)c1. The van der Waals surface area contributed by atoms with Crippen molar-refractivity contribution in [1.82, 2.24) is 0 Å². The maximum atomic E-state index is 9.59. The summed E-state index contributed by atoms with van der Waals surface area (Å²) in [5, 5.41) is 13.7. The molecular weight excluding hydrogens is 218 g/mol. The van der Waals surface area contributed by atoms with E-state index in [1.54, 1.807) is 0 Å². The van der Waals surface area contributed by atoms with Gasteiger partial charge in [0.2, 0.25) is 0 Å². The number of thioether (sulfide) groups is 1. The molecule has 2 nitrogen and oxygen atoms in total. The second-order valence-corrected chi connectivity index (χ2v) is 6.19. The molecule has 1 fully saturated rings. The van der Waals surface area contributed by atoms with E-state index in [2.05, 4.69) is 37.4 Å². The van der Waals surface area contributed by atoms with Gasteiger partial charge in [-0.3, -0.25) is 0 Å². The van der Waals surface area contributed by atoms with Gasteiger partial charge >= 0.3 is 0 Å². The standard InChI is InChI=1S/C13H19NOS/c1-10-4-3-5-12(6-10)14-13(8-15)7-11(2)16-9-13/h3-6,11,14-15H,7-9H2,1-2H3. The first-order chi connectivity index (χ1) is 7.63. The van der Waals surface area contributed by atoms with Crippen LogP contribution in [0.2, 0.25) is 0 Å². The van der Waals surface area contributed by atoms with Gasteiger partial charge in [-0.25, -0.2) is 0 Å². The fourth-order valence-corrected chi connectivity index (χ4v) is 3.56. The Labute approximate surface area is 101 Å². The van der Waals surface area contributed by atoms with Crippen LogP contribution in [-0.2, 0) is 0 Å². The molecule has 1 aliphatic rings. The third kappa shape index (κ3) is 2.53. The molecule has 0 aliphatic carbocycles. The molecule has 0 bridgehead atoms. The normalized spacial score (nSPS) is 29.3. The number of anilines is 1. The Kier molecular flexibility index (Phi) is 3.45. The van der Waals surface area contributed by atoms with Gasteiger partial charge in [0.05, 0.1) is 12.1 Å². The number of aliphatic hydroxyl groups excluding tert-OH is 1. The lowest BCUT2D eigenvalue weighted by Gasteiger charge is -2.29. The molecule has 88 valence electrons. The largest absolute Gasteiger partial charge is 0.394 e. The predicted octanol–water partition coefficient (Wildman–Crippen LogP) is 2.66. The van der Waals surface area contributed by atoms with Crippen molar-refractivity contribution in [3.8, 4) is 0 Å². The zero-order valence-electron chi connectivity index (χ0n) is 9.86. The van der Waals surface area contributed by atoms with Crippen molar-refractivity contribution in [3.63, 3.8) is 0 Å². The number of rotatable bonds is 3. The second-order valence-electron chi connectivity index (χ2n) is 4.76. The van der Waals surface area contributed by atoms with E-state index in [9.17, 15) is 5.11 Å². The van der Waals surface area contributed by atoms with Crippen LogP contribution < -0.4 is 5.32 Å². The highest BCUT2D eigenvalue weighted by molar-refractivity contribution is 8.00. The number of benzene rings is 1. The molecule has 2 atom stereocenters. The van der Waals surface area contributed by atoms with Gasteiger partial charge in [0.15, 0.2) is 0 Å². The summed E-state index contributed by atoms with van der Waals surface area (Å²) in [5.74, 6) is 0.985. The summed E-state index contributed by atoms with van der Waals surface area (Å²) < 4.78 is 0. The maximum absolute atomic E-state index is 9.59. The Morgan fingerprint density at radius 3 is 2.94 bits per heavy atom. The highest BCUT2D eigenvalue weighted by Gasteiger charge is 2.37. The molecule has 1 heterocycles. The van der Waals surface area contributed by atoms with Gasteiger partial charge in [0.1, 0.15) is 0 Å². The van der Waals surface area contributed by atoms with Crippen molar-refractivity contribution in [2.75, 3.05) is 17.7 Å². The van der Waals surface area contributed by atoms with Crippen molar-refractivity contribution in [2.24, 2.45) is 0 Å². The van der Waals surface area contributed by atoms with Crippen LogP contribution in [-0.4, -0.2) is 28.3 Å². The topological polar surface area (TPSA) is 32.3 Å². The second kappa shape index (κ2) is 4.68. The van der Waals surface area contributed by atoms with Gasteiger partial charge in [0.25, 0.3) is 0 Å². The maximum Gasteiger partial charge on any atom is 0.0704 e. The van der Waals surface area contributed by atoms with Crippen molar-refractivity contribution in [3.05, 3.63) is 29.8 Å². The first-order valence-electron chi connectivity index (χ1n) is 5.71. The highest BCUT2D eigenvalue weighted by atomic mass is 32.2. The van der Waals surface area contributed by atoms with Crippen molar-refractivity contribution in [1.29, 1.82) is 0 Å². The van der Waals surface area contributed by atoms with Crippen molar-refractivity contribution < 1.29 is 5.11 Å². The van der Waals surface area contributed by atoms with Gasteiger partial charge in [-0.15, -0.1) is 0 Å². The lowest BCUT2D eigenvalue weighted by molar-refractivity contribution is 0.223. The zero-order valence-corrected chi connectivity index (χ0v) is 10.7. The third-order valence-corrected chi connectivity index (χ3v) is 4.51. The monoisotopic (exact) mass is 237 g/mol. The average molecular weight is 237 g/mol. The Morgan fingerprint density at radius 2 is 2.38 bits per heavy atom. The number of aryl methyl sites for hydroxylation is 1. The molecule has 3 heteroatoms. The summed E-state index contributed by atoms with van der Waals surface area (Å²) >= 11 is 1.93. The number of nitrogens with one attached hydrogen (secondary N) is 1. The minimum absolute atomic E-state index is 0.127. The highest BCUT2D eigenvalue weighted by Crippen LogP contribution is 2.36. The molecule has 1 aromatic carbocycles. The van der Waals surface area contributed by atoms with Gasteiger partial charge in [0, 0.05) is 16.7 Å². The molecule has 0 saturated carbocycles. The summed E-state index contributed by atoms with van der Waals surface area (Å²) in [7, 11) is 0. The van der Waals surface area contributed by atoms with E-state index in [0.717, 1.165) is 17.9 Å². The van der Waals surface area contributed by atoms with Crippen LogP contribution in [0.25, 0.3) is 0 Å². The van der Waals surface area contributed by atoms with E-state index < -0.39 is 0 Å². The molecule has 2 unspecified atom stereocenters. The quantitative estimate of drug-likeness (QED) is 0.847. The summed E-state index contributed by atoms with van der Waals surface area (Å²) in [6.07, 6.45) is 1.03. The van der Waals surface area contributed by atoms with E-state index in [4.69, 9.17) is 0 Å². The number of hydrogen-bond acceptors (Lipinski definition) is 3. The van der Waals surface area contributed by atoms with Gasteiger partial charge in [-0.05, 0) is 31.0 Å².